The van der Waals surface area contributed by atoms with Crippen molar-refractivity contribution in [3.63, 3.8) is 0 Å². The fraction of sp³-hybridized carbons (Fsp3) is 0.333. The van der Waals surface area contributed by atoms with Gasteiger partial charge in [0.2, 0.25) is 0 Å². The Morgan fingerprint density at radius 1 is 1.31 bits per heavy atom. The Morgan fingerprint density at radius 3 is 2.90 bits per heavy atom. The van der Waals surface area contributed by atoms with Gasteiger partial charge in [0, 0.05) is 18.1 Å². The number of hydrogen-bond donors (Lipinski definition) is 1. The number of nitrogens with zero attached hydrogens (tertiary/aromatic N) is 2. The number of carbonyl (C=O) groups is 1. The maximum atomic E-state index is 13.8. The number of aromatic nitrogens is 1. The molecule has 2 atom stereocenters. The van der Waals surface area contributed by atoms with E-state index in [1.807, 2.05) is 24.3 Å². The van der Waals surface area contributed by atoms with Gasteiger partial charge in [0.25, 0.3) is 0 Å². The molecule has 152 valence electrons. The summed E-state index contributed by atoms with van der Waals surface area (Å²) in [5.41, 5.74) is 2.05. The third-order valence-corrected chi connectivity index (χ3v) is 5.83. The fourth-order valence-corrected chi connectivity index (χ4v) is 4.20. The SMILES string of the molecule is CC(NC(=O)N1CCCC(c2nc3ccccc3o2)C1)c1cc(F)c(Cl)cc1Cl. The number of amides is 2. The zero-order valence-electron chi connectivity index (χ0n) is 15.8. The van der Waals surface area contributed by atoms with Crippen LogP contribution in [-0.4, -0.2) is 29.0 Å². The van der Waals surface area contributed by atoms with Gasteiger partial charge in [-0.2, -0.15) is 0 Å². The molecule has 0 radical (unpaired) electrons. The largest absolute Gasteiger partial charge is 0.440 e. The molecule has 1 fully saturated rings. The molecule has 0 bridgehead atoms. The summed E-state index contributed by atoms with van der Waals surface area (Å²) in [7, 11) is 0. The third kappa shape index (κ3) is 4.19. The lowest BCUT2D eigenvalue weighted by Gasteiger charge is -2.32. The molecule has 8 heteroatoms. The van der Waals surface area contributed by atoms with Gasteiger partial charge < -0.3 is 14.6 Å². The van der Waals surface area contributed by atoms with Crippen molar-refractivity contribution in [3.8, 4) is 0 Å². The second-order valence-electron chi connectivity index (χ2n) is 7.26. The number of carbonyl (C=O) groups excluding carboxylic acids is 1. The van der Waals surface area contributed by atoms with Crippen molar-refractivity contribution in [2.45, 2.75) is 31.7 Å². The topological polar surface area (TPSA) is 58.4 Å². The quantitative estimate of drug-likeness (QED) is 0.519. The molecule has 5 nitrogen and oxygen atoms in total. The number of likely N-dealkylation sites (tertiary alicyclic amines) is 1. The van der Waals surface area contributed by atoms with Crippen molar-refractivity contribution >= 4 is 40.3 Å². The predicted octanol–water partition coefficient (Wildman–Crippen LogP) is 5.92. The highest BCUT2D eigenvalue weighted by atomic mass is 35.5. The van der Waals surface area contributed by atoms with E-state index in [0.29, 0.717) is 29.6 Å². The Morgan fingerprint density at radius 2 is 2.10 bits per heavy atom. The predicted molar refractivity (Wildman–Crippen MR) is 111 cm³/mol. The molecule has 0 aliphatic carbocycles. The molecule has 3 aromatic rings. The van der Waals surface area contributed by atoms with Crippen molar-refractivity contribution in [1.29, 1.82) is 0 Å². The molecule has 1 aromatic heterocycles. The number of rotatable bonds is 3. The van der Waals surface area contributed by atoms with Gasteiger partial charge in [-0.05, 0) is 49.6 Å². The number of urea groups is 1. The molecule has 2 amide bonds. The van der Waals surface area contributed by atoms with Crippen LogP contribution in [-0.2, 0) is 0 Å². The van der Waals surface area contributed by atoms with Crippen LogP contribution in [0, 0.1) is 5.82 Å². The first-order chi connectivity index (χ1) is 13.9. The van der Waals surface area contributed by atoms with Gasteiger partial charge in [-0.15, -0.1) is 0 Å². The minimum absolute atomic E-state index is 0.0359. The molecule has 29 heavy (non-hydrogen) atoms. The number of benzene rings is 2. The number of halogens is 3. The molecule has 2 unspecified atom stereocenters. The van der Waals surface area contributed by atoms with Crippen molar-refractivity contribution in [2.24, 2.45) is 0 Å². The molecule has 1 saturated heterocycles. The summed E-state index contributed by atoms with van der Waals surface area (Å²) >= 11 is 11.9. The Hall–Kier alpha value is -2.31. The normalized spacial score (nSPS) is 18.1. The molecule has 0 saturated carbocycles. The minimum atomic E-state index is -0.568. The van der Waals surface area contributed by atoms with Crippen molar-refractivity contribution in [3.05, 3.63) is 63.7 Å². The summed E-state index contributed by atoms with van der Waals surface area (Å²) in [6.07, 6.45) is 1.75. The van der Waals surface area contributed by atoms with Gasteiger partial charge in [0.05, 0.1) is 17.0 Å². The van der Waals surface area contributed by atoms with E-state index in [1.54, 1.807) is 11.8 Å². The van der Waals surface area contributed by atoms with Crippen molar-refractivity contribution < 1.29 is 13.6 Å². The highest BCUT2D eigenvalue weighted by Gasteiger charge is 2.29. The monoisotopic (exact) mass is 435 g/mol. The van der Waals surface area contributed by atoms with Crippen LogP contribution < -0.4 is 5.32 Å². The Kier molecular flexibility index (Phi) is 5.65. The van der Waals surface area contributed by atoms with Crippen LogP contribution in [0.4, 0.5) is 9.18 Å². The molecule has 0 spiro atoms. The Bertz CT molecular complexity index is 1020. The van der Waals surface area contributed by atoms with E-state index in [0.717, 1.165) is 23.9 Å². The van der Waals surface area contributed by atoms with Gasteiger partial charge >= 0.3 is 6.03 Å². The fourth-order valence-electron chi connectivity index (χ4n) is 3.65. The van der Waals surface area contributed by atoms with E-state index in [-0.39, 0.29) is 17.0 Å². The van der Waals surface area contributed by atoms with Crippen LogP contribution in [0.25, 0.3) is 11.1 Å². The lowest BCUT2D eigenvalue weighted by atomic mass is 9.98. The minimum Gasteiger partial charge on any atom is -0.440 e. The lowest BCUT2D eigenvalue weighted by Crippen LogP contribution is -2.45. The average molecular weight is 436 g/mol. The van der Waals surface area contributed by atoms with E-state index in [4.69, 9.17) is 27.6 Å². The number of para-hydroxylation sites is 2. The number of oxazole rings is 1. The summed E-state index contributed by atoms with van der Waals surface area (Å²) in [5, 5.41) is 3.16. The highest BCUT2D eigenvalue weighted by molar-refractivity contribution is 6.35. The van der Waals surface area contributed by atoms with Crippen LogP contribution in [0.15, 0.2) is 40.8 Å². The zero-order valence-corrected chi connectivity index (χ0v) is 17.3. The Balaban J connectivity index is 1.45. The standard InChI is InChI=1S/C21H20Cl2FN3O2/c1-12(14-9-17(24)16(23)10-15(14)22)25-21(28)27-8-4-5-13(11-27)20-26-18-6-2-3-7-19(18)29-20/h2-3,6-7,9-10,12-13H,4-5,8,11H2,1H3,(H,25,28). The number of nitrogens with one attached hydrogen (secondary N) is 1. The summed E-state index contributed by atoms with van der Waals surface area (Å²) < 4.78 is 19.7. The summed E-state index contributed by atoms with van der Waals surface area (Å²) in [6, 6.07) is 9.53. The van der Waals surface area contributed by atoms with Crippen LogP contribution in [0.1, 0.15) is 43.2 Å². The number of hydrogen-bond acceptors (Lipinski definition) is 3. The van der Waals surface area contributed by atoms with E-state index >= 15 is 0 Å². The zero-order chi connectivity index (χ0) is 20.5. The van der Waals surface area contributed by atoms with E-state index in [2.05, 4.69) is 10.3 Å². The van der Waals surface area contributed by atoms with Gasteiger partial charge in [-0.3, -0.25) is 0 Å². The molecular formula is C21H20Cl2FN3O2. The Labute approximate surface area is 177 Å². The van der Waals surface area contributed by atoms with E-state index in [1.165, 1.54) is 12.1 Å². The molecule has 2 aromatic carbocycles. The second-order valence-corrected chi connectivity index (χ2v) is 8.08. The maximum absolute atomic E-state index is 13.8. The summed E-state index contributed by atoms with van der Waals surface area (Å²) in [5.74, 6) is 0.120. The van der Waals surface area contributed by atoms with Gasteiger partial charge in [-0.1, -0.05) is 35.3 Å². The maximum Gasteiger partial charge on any atom is 0.317 e. The highest BCUT2D eigenvalue weighted by Crippen LogP contribution is 2.31. The van der Waals surface area contributed by atoms with Crippen LogP contribution >= 0.6 is 23.2 Å². The molecule has 4 rings (SSSR count). The first kappa shape index (κ1) is 20.0. The van der Waals surface area contributed by atoms with Gasteiger partial charge in [0.15, 0.2) is 11.5 Å². The lowest BCUT2D eigenvalue weighted by molar-refractivity contribution is 0.172. The first-order valence-electron chi connectivity index (χ1n) is 9.47. The molecular weight excluding hydrogens is 416 g/mol. The van der Waals surface area contributed by atoms with E-state index in [9.17, 15) is 9.18 Å². The molecule has 2 heterocycles. The van der Waals surface area contributed by atoms with Crippen LogP contribution in [0.3, 0.4) is 0 Å². The van der Waals surface area contributed by atoms with Gasteiger partial charge in [-0.25, -0.2) is 14.2 Å². The van der Waals surface area contributed by atoms with Crippen LogP contribution in [0.5, 0.6) is 0 Å². The van der Waals surface area contributed by atoms with Crippen molar-refractivity contribution in [1.82, 2.24) is 15.2 Å². The number of fused-ring (bicyclic) bond motifs is 1. The van der Waals surface area contributed by atoms with Gasteiger partial charge in [0.1, 0.15) is 11.3 Å². The third-order valence-electron chi connectivity index (χ3n) is 5.21. The first-order valence-corrected chi connectivity index (χ1v) is 10.2. The molecule has 1 aliphatic rings. The number of piperidine rings is 1. The average Bonchev–Trinajstić information content (AvgIpc) is 3.15. The van der Waals surface area contributed by atoms with Crippen molar-refractivity contribution in [2.75, 3.05) is 13.1 Å². The van der Waals surface area contributed by atoms with E-state index < -0.39 is 11.9 Å². The summed E-state index contributed by atoms with van der Waals surface area (Å²) in [4.78, 5) is 19.1. The summed E-state index contributed by atoms with van der Waals surface area (Å²) in [6.45, 7) is 2.90. The smallest absolute Gasteiger partial charge is 0.317 e. The van der Waals surface area contributed by atoms with Crippen LogP contribution in [0.2, 0.25) is 10.0 Å². The molecule has 1 N–H and O–H groups in total. The second kappa shape index (κ2) is 8.20. The molecule has 1 aliphatic heterocycles.